The van der Waals surface area contributed by atoms with E-state index in [4.69, 9.17) is 5.11 Å². The molecule has 1 heterocycles. The van der Waals surface area contributed by atoms with Crippen LogP contribution in [0.2, 0.25) is 0 Å². The maximum atomic E-state index is 11.8. The summed E-state index contributed by atoms with van der Waals surface area (Å²) in [5.41, 5.74) is 0.376. The number of anilines is 2. The van der Waals surface area contributed by atoms with E-state index in [1.165, 1.54) is 6.20 Å². The van der Waals surface area contributed by atoms with E-state index in [9.17, 15) is 13.2 Å². The third-order valence-electron chi connectivity index (χ3n) is 2.91. The number of nitrogens with one attached hydrogen (secondary N) is 1. The molecular weight excluding hydrogens is 294 g/mol. The molecular formula is C13H21N3O4S. The van der Waals surface area contributed by atoms with Gasteiger partial charge >= 0.3 is 5.97 Å². The Morgan fingerprint density at radius 1 is 1.33 bits per heavy atom. The highest BCUT2D eigenvalue weighted by Gasteiger charge is 2.12. The van der Waals surface area contributed by atoms with Gasteiger partial charge in [0.2, 0.25) is 10.0 Å². The van der Waals surface area contributed by atoms with Gasteiger partial charge < -0.3 is 10.0 Å². The zero-order chi connectivity index (χ0) is 15.9. The van der Waals surface area contributed by atoms with Crippen LogP contribution in [0.3, 0.4) is 0 Å². The maximum absolute atomic E-state index is 11.8. The van der Waals surface area contributed by atoms with Crippen LogP contribution in [-0.2, 0) is 14.8 Å². The van der Waals surface area contributed by atoms with Crippen LogP contribution in [0.5, 0.6) is 0 Å². The van der Waals surface area contributed by atoms with Crippen LogP contribution in [0.1, 0.15) is 26.7 Å². The minimum absolute atomic E-state index is 0.0790. The Morgan fingerprint density at radius 2 is 2.00 bits per heavy atom. The molecule has 0 fully saturated rings. The number of carboxylic acids is 1. The molecule has 0 saturated heterocycles. The van der Waals surface area contributed by atoms with Gasteiger partial charge in [0, 0.05) is 19.5 Å². The molecule has 7 nitrogen and oxygen atoms in total. The molecule has 0 aromatic carbocycles. The van der Waals surface area contributed by atoms with Gasteiger partial charge in [0.15, 0.2) is 0 Å². The van der Waals surface area contributed by atoms with Crippen molar-refractivity contribution in [2.24, 2.45) is 0 Å². The van der Waals surface area contributed by atoms with Crippen LogP contribution in [0, 0.1) is 0 Å². The van der Waals surface area contributed by atoms with Crippen molar-refractivity contribution in [3.05, 3.63) is 18.3 Å². The lowest BCUT2D eigenvalue weighted by Gasteiger charge is -2.19. The van der Waals surface area contributed by atoms with Crippen molar-refractivity contribution >= 4 is 27.5 Å². The first-order chi connectivity index (χ1) is 9.88. The van der Waals surface area contributed by atoms with Gasteiger partial charge in [-0.3, -0.25) is 9.52 Å². The van der Waals surface area contributed by atoms with Crippen molar-refractivity contribution in [1.82, 2.24) is 4.98 Å². The highest BCUT2D eigenvalue weighted by molar-refractivity contribution is 7.92. The predicted molar refractivity (Wildman–Crippen MR) is 82.1 cm³/mol. The molecule has 0 aliphatic carbocycles. The van der Waals surface area contributed by atoms with Gasteiger partial charge in [0.25, 0.3) is 0 Å². The molecule has 1 rings (SSSR count). The van der Waals surface area contributed by atoms with Gasteiger partial charge in [-0.25, -0.2) is 13.4 Å². The number of hydrogen-bond donors (Lipinski definition) is 2. The third-order valence-corrected chi connectivity index (χ3v) is 4.29. The highest BCUT2D eigenvalue weighted by atomic mass is 32.2. The summed E-state index contributed by atoms with van der Waals surface area (Å²) >= 11 is 0. The molecule has 1 aromatic rings. The van der Waals surface area contributed by atoms with E-state index in [2.05, 4.69) is 9.71 Å². The first-order valence-electron chi connectivity index (χ1n) is 6.81. The molecule has 0 amide bonds. The first-order valence-corrected chi connectivity index (χ1v) is 8.46. The molecule has 0 aliphatic heterocycles. The van der Waals surface area contributed by atoms with Crippen molar-refractivity contribution in [3.8, 4) is 0 Å². The summed E-state index contributed by atoms with van der Waals surface area (Å²) in [6.45, 7) is 5.68. The number of nitrogens with zero attached hydrogens (tertiary/aromatic N) is 2. The van der Waals surface area contributed by atoms with Gasteiger partial charge in [-0.05, 0) is 32.4 Å². The Kier molecular flexibility index (Phi) is 6.41. The first kappa shape index (κ1) is 17.2. The number of hydrogen-bond acceptors (Lipinski definition) is 5. The third kappa shape index (κ3) is 5.99. The van der Waals surface area contributed by atoms with E-state index in [1.54, 1.807) is 12.1 Å². The van der Waals surface area contributed by atoms with Crippen molar-refractivity contribution in [2.75, 3.05) is 28.5 Å². The molecule has 21 heavy (non-hydrogen) atoms. The molecule has 0 spiro atoms. The maximum Gasteiger partial charge on any atom is 0.303 e. The summed E-state index contributed by atoms with van der Waals surface area (Å²) in [6, 6.07) is 3.40. The van der Waals surface area contributed by atoms with E-state index in [-0.39, 0.29) is 18.6 Å². The van der Waals surface area contributed by atoms with E-state index >= 15 is 0 Å². The minimum atomic E-state index is -3.54. The van der Waals surface area contributed by atoms with Crippen LogP contribution in [0.25, 0.3) is 0 Å². The Hall–Kier alpha value is -1.83. The topological polar surface area (TPSA) is 99.6 Å². The van der Waals surface area contributed by atoms with E-state index in [1.807, 2.05) is 18.7 Å². The number of aliphatic carboxylic acids is 1. The zero-order valence-electron chi connectivity index (χ0n) is 12.2. The van der Waals surface area contributed by atoms with Gasteiger partial charge in [0.1, 0.15) is 5.82 Å². The summed E-state index contributed by atoms with van der Waals surface area (Å²) in [7, 11) is -3.54. The Labute approximate surface area is 125 Å². The number of aromatic nitrogens is 1. The number of carbonyl (C=O) groups is 1. The molecule has 0 radical (unpaired) electrons. The fraction of sp³-hybridized carbons (Fsp3) is 0.538. The van der Waals surface area contributed by atoms with Crippen LogP contribution in [-0.4, -0.2) is 43.3 Å². The lowest BCUT2D eigenvalue weighted by atomic mass is 10.3. The van der Waals surface area contributed by atoms with Gasteiger partial charge in [0.05, 0.1) is 17.6 Å². The molecule has 2 N–H and O–H groups in total. The van der Waals surface area contributed by atoms with Crippen LogP contribution in [0.4, 0.5) is 11.5 Å². The Morgan fingerprint density at radius 3 is 2.48 bits per heavy atom. The molecule has 118 valence electrons. The molecule has 0 unspecified atom stereocenters. The van der Waals surface area contributed by atoms with Crippen molar-refractivity contribution in [2.45, 2.75) is 26.7 Å². The van der Waals surface area contributed by atoms with Crippen molar-refractivity contribution in [1.29, 1.82) is 0 Å². The summed E-state index contributed by atoms with van der Waals surface area (Å²) < 4.78 is 25.9. The second-order valence-corrected chi connectivity index (χ2v) is 6.34. The molecule has 0 saturated carbocycles. The molecule has 0 aliphatic rings. The van der Waals surface area contributed by atoms with E-state index in [0.29, 0.717) is 5.69 Å². The molecule has 0 atom stereocenters. The smallest absolute Gasteiger partial charge is 0.303 e. The average molecular weight is 315 g/mol. The zero-order valence-corrected chi connectivity index (χ0v) is 13.1. The lowest BCUT2D eigenvalue weighted by Crippen LogP contribution is -2.23. The summed E-state index contributed by atoms with van der Waals surface area (Å²) in [5, 5.41) is 8.50. The molecule has 8 heteroatoms. The van der Waals surface area contributed by atoms with Crippen molar-refractivity contribution < 1.29 is 18.3 Å². The van der Waals surface area contributed by atoms with Crippen LogP contribution >= 0.6 is 0 Å². The van der Waals surface area contributed by atoms with E-state index < -0.39 is 16.0 Å². The van der Waals surface area contributed by atoms with Crippen LogP contribution in [0.15, 0.2) is 18.3 Å². The summed E-state index contributed by atoms with van der Waals surface area (Å²) in [4.78, 5) is 16.6. The highest BCUT2D eigenvalue weighted by Crippen LogP contribution is 2.15. The van der Waals surface area contributed by atoms with Gasteiger partial charge in [-0.1, -0.05) is 0 Å². The number of sulfonamides is 1. The van der Waals surface area contributed by atoms with Crippen LogP contribution < -0.4 is 9.62 Å². The average Bonchev–Trinajstić information content (AvgIpc) is 2.41. The second kappa shape index (κ2) is 7.82. The Balaban J connectivity index is 2.64. The fourth-order valence-electron chi connectivity index (χ4n) is 1.83. The standard InChI is InChI=1S/C13H21N3O4S/c1-3-16(4-2)12-8-7-11(10-14-12)15-21(19,20)9-5-6-13(17)18/h7-8,10,15H,3-6,9H2,1-2H3,(H,17,18). The minimum Gasteiger partial charge on any atom is -0.481 e. The van der Waals surface area contributed by atoms with Crippen molar-refractivity contribution in [3.63, 3.8) is 0 Å². The normalized spacial score (nSPS) is 11.1. The second-order valence-electron chi connectivity index (χ2n) is 4.50. The Bertz CT molecular complexity index is 553. The summed E-state index contributed by atoms with van der Waals surface area (Å²) in [6.07, 6.45) is 1.37. The molecule has 0 bridgehead atoms. The number of pyridine rings is 1. The lowest BCUT2D eigenvalue weighted by molar-refractivity contribution is -0.137. The molecule has 1 aromatic heterocycles. The quantitative estimate of drug-likeness (QED) is 0.717. The van der Waals surface area contributed by atoms with E-state index in [0.717, 1.165) is 18.9 Å². The fourth-order valence-corrected chi connectivity index (χ4v) is 2.93. The van der Waals surface area contributed by atoms with Gasteiger partial charge in [-0.2, -0.15) is 0 Å². The predicted octanol–water partition coefficient (Wildman–Crippen LogP) is 1.53. The monoisotopic (exact) mass is 315 g/mol. The number of carboxylic acid groups (broad SMARTS) is 1. The SMILES string of the molecule is CCN(CC)c1ccc(NS(=O)(=O)CCCC(=O)O)cn1. The summed E-state index contributed by atoms with van der Waals surface area (Å²) in [5.74, 6) is -0.443. The number of rotatable bonds is 9. The van der Waals surface area contributed by atoms with Gasteiger partial charge in [-0.15, -0.1) is 0 Å². The largest absolute Gasteiger partial charge is 0.481 e.